The standard InChI is InChI=1S/C19H20F3N5O/c20-19(21,22)17-6-9-27(24-17)14-18(28)26-8-1-7-25(10-11-26)13-16-4-2-15(12-23)3-5-16/h2-6,9H,1,7-8,10-11,13-14H2. The molecule has 0 aliphatic carbocycles. The molecule has 2 aromatic rings. The SMILES string of the molecule is N#Cc1ccc(CN2CCCN(C(=O)Cn3ccc(C(F)(F)F)n3)CC2)cc1. The van der Waals surface area contributed by atoms with Gasteiger partial charge in [-0.15, -0.1) is 0 Å². The smallest absolute Gasteiger partial charge is 0.340 e. The van der Waals surface area contributed by atoms with Crippen molar-refractivity contribution in [2.45, 2.75) is 25.7 Å². The zero-order valence-electron chi connectivity index (χ0n) is 15.2. The second-order valence-corrected chi connectivity index (χ2v) is 6.72. The minimum Gasteiger partial charge on any atom is -0.340 e. The maximum atomic E-state index is 12.6. The second-order valence-electron chi connectivity index (χ2n) is 6.72. The van der Waals surface area contributed by atoms with E-state index in [1.54, 1.807) is 17.0 Å². The minimum absolute atomic E-state index is 0.203. The lowest BCUT2D eigenvalue weighted by atomic mass is 10.1. The molecule has 1 fully saturated rings. The van der Waals surface area contributed by atoms with Crippen molar-refractivity contribution in [1.82, 2.24) is 19.6 Å². The predicted octanol–water partition coefficient (Wildman–Crippen LogP) is 2.51. The van der Waals surface area contributed by atoms with Crippen LogP contribution in [0.15, 0.2) is 36.5 Å². The molecule has 148 valence electrons. The van der Waals surface area contributed by atoms with E-state index < -0.39 is 11.9 Å². The number of halogens is 3. The van der Waals surface area contributed by atoms with Crippen LogP contribution in [-0.2, 0) is 24.1 Å². The number of carbonyl (C=O) groups is 1. The Morgan fingerprint density at radius 1 is 1.11 bits per heavy atom. The van der Waals surface area contributed by atoms with Crippen LogP contribution < -0.4 is 0 Å². The fraction of sp³-hybridized carbons (Fsp3) is 0.421. The maximum absolute atomic E-state index is 12.6. The monoisotopic (exact) mass is 391 g/mol. The maximum Gasteiger partial charge on any atom is 0.435 e. The van der Waals surface area contributed by atoms with E-state index >= 15 is 0 Å². The molecule has 0 unspecified atom stereocenters. The van der Waals surface area contributed by atoms with Crippen molar-refractivity contribution in [3.63, 3.8) is 0 Å². The van der Waals surface area contributed by atoms with Crippen molar-refractivity contribution in [3.05, 3.63) is 53.3 Å². The van der Waals surface area contributed by atoms with E-state index in [1.807, 2.05) is 12.1 Å². The largest absolute Gasteiger partial charge is 0.435 e. The molecular weight excluding hydrogens is 371 g/mol. The number of aromatic nitrogens is 2. The topological polar surface area (TPSA) is 65.2 Å². The third-order valence-corrected chi connectivity index (χ3v) is 4.66. The van der Waals surface area contributed by atoms with Gasteiger partial charge in [-0.1, -0.05) is 12.1 Å². The van der Waals surface area contributed by atoms with Crippen LogP contribution >= 0.6 is 0 Å². The highest BCUT2D eigenvalue weighted by Crippen LogP contribution is 2.27. The van der Waals surface area contributed by atoms with Gasteiger partial charge in [-0.2, -0.15) is 23.5 Å². The number of nitriles is 1. The van der Waals surface area contributed by atoms with Crippen LogP contribution in [0.1, 0.15) is 23.2 Å². The van der Waals surface area contributed by atoms with Gasteiger partial charge in [-0.25, -0.2) is 0 Å². The van der Waals surface area contributed by atoms with Gasteiger partial charge >= 0.3 is 6.18 Å². The van der Waals surface area contributed by atoms with Crippen molar-refractivity contribution >= 4 is 5.91 Å². The molecule has 3 rings (SSSR count). The van der Waals surface area contributed by atoms with Gasteiger partial charge in [0.1, 0.15) is 6.54 Å². The summed E-state index contributed by atoms with van der Waals surface area (Å²) in [7, 11) is 0. The number of hydrogen-bond acceptors (Lipinski definition) is 4. The highest BCUT2D eigenvalue weighted by molar-refractivity contribution is 5.75. The van der Waals surface area contributed by atoms with E-state index in [2.05, 4.69) is 16.1 Å². The van der Waals surface area contributed by atoms with E-state index in [0.29, 0.717) is 25.2 Å². The Morgan fingerprint density at radius 3 is 2.50 bits per heavy atom. The molecule has 28 heavy (non-hydrogen) atoms. The third-order valence-electron chi connectivity index (χ3n) is 4.66. The van der Waals surface area contributed by atoms with E-state index in [4.69, 9.17) is 5.26 Å². The molecule has 1 aliphatic heterocycles. The van der Waals surface area contributed by atoms with Gasteiger partial charge in [0.15, 0.2) is 5.69 Å². The fourth-order valence-corrected chi connectivity index (χ4v) is 3.16. The minimum atomic E-state index is -4.51. The number of benzene rings is 1. The summed E-state index contributed by atoms with van der Waals surface area (Å²) in [6.45, 7) is 3.11. The van der Waals surface area contributed by atoms with Crippen LogP contribution in [0.2, 0.25) is 0 Å². The highest BCUT2D eigenvalue weighted by atomic mass is 19.4. The predicted molar refractivity (Wildman–Crippen MR) is 94.9 cm³/mol. The van der Waals surface area contributed by atoms with Crippen LogP contribution in [0.25, 0.3) is 0 Å². The molecule has 0 atom stereocenters. The summed E-state index contributed by atoms with van der Waals surface area (Å²) in [5.74, 6) is -0.239. The lowest BCUT2D eigenvalue weighted by Gasteiger charge is -2.22. The van der Waals surface area contributed by atoms with Crippen molar-refractivity contribution in [1.29, 1.82) is 5.26 Å². The molecule has 0 bridgehead atoms. The van der Waals surface area contributed by atoms with Gasteiger partial charge in [0.05, 0.1) is 11.6 Å². The molecule has 1 aliphatic rings. The zero-order chi connectivity index (χ0) is 20.1. The number of rotatable bonds is 4. The Bertz CT molecular complexity index is 854. The summed E-state index contributed by atoms with van der Waals surface area (Å²) in [6.07, 6.45) is -2.55. The summed E-state index contributed by atoms with van der Waals surface area (Å²) in [6, 6.07) is 10.4. The number of alkyl halides is 3. The molecule has 9 heteroatoms. The van der Waals surface area contributed by atoms with Gasteiger partial charge in [-0.3, -0.25) is 14.4 Å². The van der Waals surface area contributed by atoms with Crippen LogP contribution in [0.5, 0.6) is 0 Å². The lowest BCUT2D eigenvalue weighted by Crippen LogP contribution is -2.37. The number of amides is 1. The Balaban J connectivity index is 1.53. The molecule has 2 heterocycles. The molecule has 1 aromatic carbocycles. The van der Waals surface area contributed by atoms with Crippen molar-refractivity contribution < 1.29 is 18.0 Å². The Morgan fingerprint density at radius 2 is 1.86 bits per heavy atom. The second kappa shape index (κ2) is 8.44. The first-order valence-electron chi connectivity index (χ1n) is 8.95. The Labute approximate surface area is 160 Å². The summed E-state index contributed by atoms with van der Waals surface area (Å²) >= 11 is 0. The van der Waals surface area contributed by atoms with Gasteiger partial charge < -0.3 is 4.90 Å². The first-order chi connectivity index (χ1) is 13.3. The van der Waals surface area contributed by atoms with Crippen molar-refractivity contribution in [2.75, 3.05) is 26.2 Å². The summed E-state index contributed by atoms with van der Waals surface area (Å²) in [5, 5.41) is 12.3. The van der Waals surface area contributed by atoms with Gasteiger partial charge in [0.25, 0.3) is 0 Å². The van der Waals surface area contributed by atoms with Gasteiger partial charge in [-0.05, 0) is 30.2 Å². The van der Waals surface area contributed by atoms with E-state index in [9.17, 15) is 18.0 Å². The average Bonchev–Trinajstić information content (AvgIpc) is 3.01. The van der Waals surface area contributed by atoms with E-state index in [1.165, 1.54) is 6.20 Å². The Hall–Kier alpha value is -2.86. The number of nitrogens with zero attached hydrogens (tertiary/aromatic N) is 5. The van der Waals surface area contributed by atoms with Crippen LogP contribution in [0.4, 0.5) is 13.2 Å². The van der Waals surface area contributed by atoms with E-state index in [0.717, 1.165) is 35.8 Å². The van der Waals surface area contributed by atoms with E-state index in [-0.39, 0.29) is 12.5 Å². The first kappa shape index (κ1) is 19.9. The van der Waals surface area contributed by atoms with Crippen LogP contribution in [0.3, 0.4) is 0 Å². The molecule has 0 N–H and O–H groups in total. The highest BCUT2D eigenvalue weighted by Gasteiger charge is 2.33. The van der Waals surface area contributed by atoms with Gasteiger partial charge in [0.2, 0.25) is 5.91 Å². The zero-order valence-corrected chi connectivity index (χ0v) is 15.2. The first-order valence-corrected chi connectivity index (χ1v) is 8.95. The lowest BCUT2D eigenvalue weighted by molar-refractivity contribution is -0.142. The normalized spacial score (nSPS) is 15.9. The van der Waals surface area contributed by atoms with Crippen LogP contribution in [-0.4, -0.2) is 51.7 Å². The molecule has 1 aromatic heterocycles. The molecule has 0 radical (unpaired) electrons. The fourth-order valence-electron chi connectivity index (χ4n) is 3.16. The summed E-state index contributed by atoms with van der Waals surface area (Å²) < 4.78 is 38.9. The number of hydrogen-bond donors (Lipinski definition) is 0. The van der Waals surface area contributed by atoms with Crippen molar-refractivity contribution in [3.8, 4) is 6.07 Å². The molecule has 0 spiro atoms. The molecule has 6 nitrogen and oxygen atoms in total. The van der Waals surface area contributed by atoms with Gasteiger partial charge in [0, 0.05) is 38.9 Å². The van der Waals surface area contributed by atoms with Crippen LogP contribution in [0, 0.1) is 11.3 Å². The third kappa shape index (κ3) is 5.10. The number of carbonyl (C=O) groups excluding carboxylic acids is 1. The molecular formula is C19H20F3N5O. The Kier molecular flexibility index (Phi) is 5.99. The summed E-state index contributed by atoms with van der Waals surface area (Å²) in [5.41, 5.74) is 0.712. The average molecular weight is 391 g/mol. The van der Waals surface area contributed by atoms with Crippen molar-refractivity contribution in [2.24, 2.45) is 0 Å². The summed E-state index contributed by atoms with van der Waals surface area (Å²) in [4.78, 5) is 16.4. The molecule has 0 saturated carbocycles. The molecule has 1 amide bonds. The molecule has 1 saturated heterocycles. The quantitative estimate of drug-likeness (QED) is 0.803.